The van der Waals surface area contributed by atoms with Crippen LogP contribution in [0.5, 0.6) is 0 Å². The van der Waals surface area contributed by atoms with Crippen molar-refractivity contribution in [1.29, 1.82) is 0 Å². The van der Waals surface area contributed by atoms with Crippen molar-refractivity contribution in [2.45, 2.75) is 20.1 Å². The second-order valence-electron chi connectivity index (χ2n) is 1.41. The lowest BCUT2D eigenvalue weighted by atomic mass is 10.7. The van der Waals surface area contributed by atoms with Crippen LogP contribution in [-0.4, -0.2) is 19.4 Å². The Balaban J connectivity index is 3.24. The van der Waals surface area contributed by atoms with Gasteiger partial charge in [-0.3, -0.25) is 4.79 Å². The first-order valence-corrected chi connectivity index (χ1v) is 2.37. The molecule has 0 radical (unpaired) electrons. The molecule has 0 spiro atoms. The lowest BCUT2D eigenvalue weighted by Gasteiger charge is -2.07. The third-order valence-electron chi connectivity index (χ3n) is 0.664. The van der Waals surface area contributed by atoms with Gasteiger partial charge in [0.25, 0.3) is 0 Å². The normalized spacial score (nSPS) is 12.9. The van der Waals surface area contributed by atoms with Crippen LogP contribution in [0.1, 0.15) is 13.8 Å². The topological polar surface area (TPSA) is 35.5 Å². The van der Waals surface area contributed by atoms with Crippen molar-refractivity contribution in [2.24, 2.45) is 0 Å². The fourth-order valence-electron chi connectivity index (χ4n) is 0.282. The minimum absolute atomic E-state index is 0.320. The molecular weight excluding hydrogens is 108 g/mol. The molecule has 8 heavy (non-hydrogen) atoms. The molecule has 0 aliphatic carbocycles. The number of methoxy groups -OCH3 is 1. The minimum Gasteiger partial charge on any atom is -0.436 e. The van der Waals surface area contributed by atoms with Crippen molar-refractivity contribution in [1.82, 2.24) is 0 Å². The maximum absolute atomic E-state index is 10.1. The van der Waals surface area contributed by atoms with Crippen LogP contribution in [0.2, 0.25) is 0 Å². The van der Waals surface area contributed by atoms with E-state index in [4.69, 9.17) is 0 Å². The summed E-state index contributed by atoms with van der Waals surface area (Å²) in [5, 5.41) is 0. The molecule has 48 valence electrons. The van der Waals surface area contributed by atoms with Crippen molar-refractivity contribution >= 4 is 5.97 Å². The van der Waals surface area contributed by atoms with Crippen LogP contribution in [0.3, 0.4) is 0 Å². The molecule has 3 nitrogen and oxygen atoms in total. The van der Waals surface area contributed by atoms with Gasteiger partial charge in [-0.25, -0.2) is 0 Å². The summed E-state index contributed by atoms with van der Waals surface area (Å²) in [6.07, 6.45) is -0.424. The van der Waals surface area contributed by atoms with E-state index in [1.165, 1.54) is 14.0 Å². The van der Waals surface area contributed by atoms with Gasteiger partial charge in [-0.1, -0.05) is 0 Å². The van der Waals surface area contributed by atoms with Crippen LogP contribution < -0.4 is 0 Å². The van der Waals surface area contributed by atoms with Gasteiger partial charge in [0.2, 0.25) is 0 Å². The molecule has 0 aromatic rings. The molecule has 0 heterocycles. The molecule has 0 fully saturated rings. The lowest BCUT2D eigenvalue weighted by Crippen LogP contribution is -2.13. The zero-order valence-electron chi connectivity index (χ0n) is 5.30. The molecule has 0 aliphatic heterocycles. The Labute approximate surface area is 48.6 Å². The average molecular weight is 118 g/mol. The average Bonchev–Trinajstić information content (AvgIpc) is 1.65. The number of ether oxygens (including phenoxy) is 2. The Morgan fingerprint density at radius 1 is 1.62 bits per heavy atom. The van der Waals surface area contributed by atoms with Gasteiger partial charge in [-0.15, -0.1) is 0 Å². The highest BCUT2D eigenvalue weighted by Gasteiger charge is 1.99. The molecule has 0 aromatic carbocycles. The van der Waals surface area contributed by atoms with E-state index in [1.54, 1.807) is 6.92 Å². The molecule has 0 unspecified atom stereocenters. The first-order chi connectivity index (χ1) is 3.66. The highest BCUT2D eigenvalue weighted by molar-refractivity contribution is 5.65. The Kier molecular flexibility index (Phi) is 3.19. The second-order valence-corrected chi connectivity index (χ2v) is 1.41. The largest absolute Gasteiger partial charge is 0.436 e. The van der Waals surface area contributed by atoms with Crippen LogP contribution in [-0.2, 0) is 14.3 Å². The summed E-state index contributed by atoms with van der Waals surface area (Å²) in [5.74, 6) is -0.320. The van der Waals surface area contributed by atoms with Gasteiger partial charge in [-0.05, 0) is 6.92 Å². The molecule has 0 rings (SSSR count). The molecule has 1 atom stereocenters. The first kappa shape index (κ1) is 7.43. The fourth-order valence-corrected chi connectivity index (χ4v) is 0.282. The summed E-state index contributed by atoms with van der Waals surface area (Å²) in [4.78, 5) is 10.1. The van der Waals surface area contributed by atoms with E-state index in [0.717, 1.165) is 0 Å². The molecule has 3 heteroatoms. The summed E-state index contributed by atoms with van der Waals surface area (Å²) in [7, 11) is 1.48. The minimum atomic E-state index is -0.424. The number of rotatable bonds is 2. The van der Waals surface area contributed by atoms with E-state index in [-0.39, 0.29) is 5.97 Å². The molecule has 0 saturated carbocycles. The Bertz CT molecular complexity index is 79.7. The zero-order chi connectivity index (χ0) is 6.57. The van der Waals surface area contributed by atoms with Crippen LogP contribution in [0, 0.1) is 0 Å². The third-order valence-corrected chi connectivity index (χ3v) is 0.664. The van der Waals surface area contributed by atoms with Gasteiger partial charge in [0.05, 0.1) is 0 Å². The van der Waals surface area contributed by atoms with Crippen molar-refractivity contribution in [3.05, 3.63) is 0 Å². The monoisotopic (exact) mass is 118 g/mol. The highest BCUT2D eigenvalue weighted by atomic mass is 16.7. The van der Waals surface area contributed by atoms with Crippen LogP contribution in [0.15, 0.2) is 0 Å². The smallest absolute Gasteiger partial charge is 0.304 e. The Morgan fingerprint density at radius 3 is 2.25 bits per heavy atom. The quantitative estimate of drug-likeness (QED) is 0.392. The van der Waals surface area contributed by atoms with Crippen molar-refractivity contribution < 1.29 is 14.3 Å². The van der Waals surface area contributed by atoms with Gasteiger partial charge in [0.15, 0.2) is 6.29 Å². The van der Waals surface area contributed by atoms with E-state index < -0.39 is 6.29 Å². The van der Waals surface area contributed by atoms with Crippen LogP contribution in [0.4, 0.5) is 0 Å². The highest BCUT2D eigenvalue weighted by Crippen LogP contribution is 1.89. The van der Waals surface area contributed by atoms with Crippen LogP contribution in [0.25, 0.3) is 0 Å². The maximum Gasteiger partial charge on any atom is 0.304 e. The zero-order valence-corrected chi connectivity index (χ0v) is 5.30. The molecular formula is C5H10O3. The second kappa shape index (κ2) is 3.43. The molecule has 0 N–H and O–H groups in total. The van der Waals surface area contributed by atoms with E-state index in [2.05, 4.69) is 9.47 Å². The number of carbonyl (C=O) groups excluding carboxylic acids is 1. The number of hydrogen-bond donors (Lipinski definition) is 0. The maximum atomic E-state index is 10.1. The van der Waals surface area contributed by atoms with E-state index >= 15 is 0 Å². The molecule has 0 saturated heterocycles. The summed E-state index contributed by atoms with van der Waals surface area (Å²) in [5.41, 5.74) is 0. The van der Waals surface area contributed by atoms with Gasteiger partial charge >= 0.3 is 5.97 Å². The predicted molar refractivity (Wildman–Crippen MR) is 28.2 cm³/mol. The molecule has 0 aliphatic rings. The summed E-state index contributed by atoms with van der Waals surface area (Å²) < 4.78 is 9.16. The van der Waals surface area contributed by atoms with Gasteiger partial charge in [0.1, 0.15) is 0 Å². The predicted octanol–water partition coefficient (Wildman–Crippen LogP) is 0.542. The molecule has 0 aromatic heterocycles. The van der Waals surface area contributed by atoms with Crippen molar-refractivity contribution in [3.8, 4) is 0 Å². The SMILES string of the molecule is CO[C@H](C)OC(C)=O. The van der Waals surface area contributed by atoms with E-state index in [0.29, 0.717) is 0 Å². The Morgan fingerprint density at radius 2 is 2.12 bits per heavy atom. The fraction of sp³-hybridized carbons (Fsp3) is 0.800. The Hall–Kier alpha value is -0.570. The van der Waals surface area contributed by atoms with Crippen molar-refractivity contribution in [2.75, 3.05) is 7.11 Å². The summed E-state index contributed by atoms with van der Waals surface area (Å²) >= 11 is 0. The molecule has 0 amide bonds. The van der Waals surface area contributed by atoms with Gasteiger partial charge in [-0.2, -0.15) is 0 Å². The standard InChI is InChI=1S/C5H10O3/c1-4(6)8-5(2)7-3/h5H,1-3H3/t5-/m0/s1. The van der Waals surface area contributed by atoms with Gasteiger partial charge in [0, 0.05) is 14.0 Å². The van der Waals surface area contributed by atoms with E-state index in [1.807, 2.05) is 0 Å². The van der Waals surface area contributed by atoms with Crippen LogP contribution >= 0.6 is 0 Å². The number of carbonyl (C=O) groups is 1. The summed E-state index contributed by atoms with van der Waals surface area (Å²) in [6, 6.07) is 0. The van der Waals surface area contributed by atoms with Gasteiger partial charge < -0.3 is 9.47 Å². The third kappa shape index (κ3) is 3.61. The van der Waals surface area contributed by atoms with E-state index in [9.17, 15) is 4.79 Å². The number of hydrogen-bond acceptors (Lipinski definition) is 3. The lowest BCUT2D eigenvalue weighted by molar-refractivity contribution is -0.166. The van der Waals surface area contributed by atoms with Crippen molar-refractivity contribution in [3.63, 3.8) is 0 Å². The first-order valence-electron chi connectivity index (χ1n) is 2.37. The summed E-state index contributed by atoms with van der Waals surface area (Å²) in [6.45, 7) is 3.00. The molecule has 0 bridgehead atoms. The number of esters is 1.